The smallest absolute Gasteiger partial charge is 0.250 e. The van der Waals surface area contributed by atoms with Crippen LogP contribution in [0.25, 0.3) is 0 Å². The van der Waals surface area contributed by atoms with Crippen LogP contribution in [0.1, 0.15) is 15.9 Å². The number of methoxy groups -OCH3 is 1. The predicted molar refractivity (Wildman–Crippen MR) is 80.4 cm³/mol. The molecule has 0 fully saturated rings. The number of nitrogens with one attached hydrogen (secondary N) is 1. The van der Waals surface area contributed by atoms with E-state index in [0.29, 0.717) is 28.4 Å². The van der Waals surface area contributed by atoms with Crippen LogP contribution in [0, 0.1) is 11.3 Å². The first kappa shape index (κ1) is 14.2. The highest BCUT2D eigenvalue weighted by Crippen LogP contribution is 2.32. The number of primary amides is 1. The third-order valence-corrected chi connectivity index (χ3v) is 2.95. The third kappa shape index (κ3) is 2.87. The summed E-state index contributed by atoms with van der Waals surface area (Å²) in [6.45, 7) is 0. The average molecular weight is 282 g/mol. The average Bonchev–Trinajstić information content (AvgIpc) is 2.49. The van der Waals surface area contributed by atoms with E-state index in [1.54, 1.807) is 36.4 Å². The van der Waals surface area contributed by atoms with Crippen molar-refractivity contribution in [2.75, 3.05) is 18.2 Å². The molecule has 2 rings (SSSR count). The summed E-state index contributed by atoms with van der Waals surface area (Å²) in [6.07, 6.45) is 0. The van der Waals surface area contributed by atoms with Gasteiger partial charge in [0, 0.05) is 6.07 Å². The Morgan fingerprint density at radius 2 is 2.10 bits per heavy atom. The van der Waals surface area contributed by atoms with Gasteiger partial charge in [-0.1, -0.05) is 6.07 Å². The normalized spacial score (nSPS) is 9.71. The number of nitrogen functional groups attached to an aromatic ring is 1. The summed E-state index contributed by atoms with van der Waals surface area (Å²) in [4.78, 5) is 11.5. The van der Waals surface area contributed by atoms with Crippen molar-refractivity contribution >= 4 is 23.0 Å². The van der Waals surface area contributed by atoms with Crippen LogP contribution in [0.5, 0.6) is 5.75 Å². The number of hydrogen-bond donors (Lipinski definition) is 3. The molecule has 0 heterocycles. The van der Waals surface area contributed by atoms with Crippen molar-refractivity contribution in [2.24, 2.45) is 5.73 Å². The number of rotatable bonds is 4. The molecule has 1 amide bonds. The molecule has 0 atom stereocenters. The van der Waals surface area contributed by atoms with E-state index in [1.165, 1.54) is 7.11 Å². The van der Waals surface area contributed by atoms with Crippen molar-refractivity contribution in [1.29, 1.82) is 5.26 Å². The van der Waals surface area contributed by atoms with Crippen LogP contribution in [-0.4, -0.2) is 13.0 Å². The lowest BCUT2D eigenvalue weighted by atomic mass is 10.1. The molecule has 0 aliphatic carbocycles. The van der Waals surface area contributed by atoms with E-state index in [0.717, 1.165) is 0 Å². The molecule has 21 heavy (non-hydrogen) atoms. The number of ether oxygens (including phenoxy) is 1. The zero-order chi connectivity index (χ0) is 15.4. The fourth-order valence-electron chi connectivity index (χ4n) is 1.91. The second-order valence-corrected chi connectivity index (χ2v) is 4.29. The van der Waals surface area contributed by atoms with Gasteiger partial charge >= 0.3 is 0 Å². The zero-order valence-corrected chi connectivity index (χ0v) is 11.4. The maximum atomic E-state index is 11.5. The predicted octanol–water partition coefficient (Wildman–Crippen LogP) is 1.99. The highest BCUT2D eigenvalue weighted by Gasteiger charge is 2.13. The van der Waals surface area contributed by atoms with Gasteiger partial charge in [-0.15, -0.1) is 0 Å². The summed E-state index contributed by atoms with van der Waals surface area (Å²) >= 11 is 0. The van der Waals surface area contributed by atoms with Gasteiger partial charge in [0.2, 0.25) is 0 Å². The number of nitriles is 1. The molecule has 0 aromatic heterocycles. The Morgan fingerprint density at radius 3 is 2.71 bits per heavy atom. The van der Waals surface area contributed by atoms with Gasteiger partial charge in [0.25, 0.3) is 5.91 Å². The fourth-order valence-corrected chi connectivity index (χ4v) is 1.91. The molecule has 0 spiro atoms. The van der Waals surface area contributed by atoms with Gasteiger partial charge in [0.1, 0.15) is 5.75 Å². The van der Waals surface area contributed by atoms with E-state index in [9.17, 15) is 4.79 Å². The number of nitrogens with two attached hydrogens (primary N) is 2. The molecule has 6 heteroatoms. The largest absolute Gasteiger partial charge is 0.495 e. The Bertz CT molecular complexity index is 735. The molecule has 0 radical (unpaired) electrons. The maximum Gasteiger partial charge on any atom is 0.250 e. The van der Waals surface area contributed by atoms with Crippen molar-refractivity contribution in [3.05, 3.63) is 47.5 Å². The number of para-hydroxylation sites is 1. The summed E-state index contributed by atoms with van der Waals surface area (Å²) in [6, 6.07) is 11.8. The van der Waals surface area contributed by atoms with E-state index < -0.39 is 5.91 Å². The summed E-state index contributed by atoms with van der Waals surface area (Å²) < 4.78 is 5.23. The van der Waals surface area contributed by atoms with E-state index in [1.807, 2.05) is 6.07 Å². The molecule has 0 saturated carbocycles. The number of amides is 1. The molecule has 106 valence electrons. The van der Waals surface area contributed by atoms with Crippen LogP contribution < -0.4 is 21.5 Å². The third-order valence-electron chi connectivity index (χ3n) is 2.95. The minimum Gasteiger partial charge on any atom is -0.495 e. The van der Waals surface area contributed by atoms with Crippen LogP contribution in [0.2, 0.25) is 0 Å². The molecule has 0 unspecified atom stereocenters. The van der Waals surface area contributed by atoms with Crippen LogP contribution >= 0.6 is 0 Å². The van der Waals surface area contributed by atoms with Crippen LogP contribution in [0.15, 0.2) is 36.4 Å². The van der Waals surface area contributed by atoms with Crippen LogP contribution in [0.4, 0.5) is 17.1 Å². The van der Waals surface area contributed by atoms with E-state index in [-0.39, 0.29) is 5.56 Å². The van der Waals surface area contributed by atoms with Crippen molar-refractivity contribution < 1.29 is 9.53 Å². The highest BCUT2D eigenvalue weighted by atomic mass is 16.5. The SMILES string of the molecule is COc1cc(C#N)ccc1Nc1c(N)cccc1C(N)=O. The lowest BCUT2D eigenvalue weighted by Crippen LogP contribution is -2.14. The molecular formula is C15H14N4O2. The second-order valence-electron chi connectivity index (χ2n) is 4.29. The van der Waals surface area contributed by atoms with Gasteiger partial charge in [-0.25, -0.2) is 0 Å². The van der Waals surface area contributed by atoms with Gasteiger partial charge in [-0.3, -0.25) is 4.79 Å². The summed E-state index contributed by atoms with van der Waals surface area (Å²) in [7, 11) is 1.49. The number of benzene rings is 2. The highest BCUT2D eigenvalue weighted by molar-refractivity contribution is 6.02. The Kier molecular flexibility index (Phi) is 3.95. The van der Waals surface area contributed by atoms with Gasteiger partial charge < -0.3 is 21.5 Å². The molecule has 6 nitrogen and oxygen atoms in total. The fraction of sp³-hybridized carbons (Fsp3) is 0.0667. The minimum absolute atomic E-state index is 0.279. The zero-order valence-electron chi connectivity index (χ0n) is 11.4. The Morgan fingerprint density at radius 1 is 1.33 bits per heavy atom. The number of hydrogen-bond acceptors (Lipinski definition) is 5. The second kappa shape index (κ2) is 5.84. The van der Waals surface area contributed by atoms with E-state index in [2.05, 4.69) is 5.32 Å². The number of anilines is 3. The molecule has 0 aliphatic rings. The van der Waals surface area contributed by atoms with Gasteiger partial charge in [-0.2, -0.15) is 5.26 Å². The molecule has 2 aromatic rings. The molecule has 2 aromatic carbocycles. The van der Waals surface area contributed by atoms with Crippen molar-refractivity contribution in [3.63, 3.8) is 0 Å². The maximum absolute atomic E-state index is 11.5. The summed E-state index contributed by atoms with van der Waals surface area (Å²) in [5.74, 6) is -0.120. The first-order valence-corrected chi connectivity index (χ1v) is 6.10. The van der Waals surface area contributed by atoms with Crippen molar-refractivity contribution in [3.8, 4) is 11.8 Å². The molecule has 0 bridgehead atoms. The summed E-state index contributed by atoms with van der Waals surface area (Å²) in [5.41, 5.74) is 13.4. The standard InChI is InChI=1S/C15H14N4O2/c1-21-13-7-9(8-16)5-6-12(13)19-14-10(15(18)20)3-2-4-11(14)17/h2-7,19H,17H2,1H3,(H2,18,20). The molecule has 0 saturated heterocycles. The Balaban J connectivity index is 2.48. The number of carbonyl (C=O) groups is 1. The van der Waals surface area contributed by atoms with Crippen molar-refractivity contribution in [1.82, 2.24) is 0 Å². The number of carbonyl (C=O) groups excluding carboxylic acids is 1. The minimum atomic E-state index is -0.586. The number of nitrogens with zero attached hydrogens (tertiary/aromatic N) is 1. The van der Waals surface area contributed by atoms with Crippen LogP contribution in [-0.2, 0) is 0 Å². The lowest BCUT2D eigenvalue weighted by Gasteiger charge is -2.15. The van der Waals surface area contributed by atoms with E-state index >= 15 is 0 Å². The quantitative estimate of drug-likeness (QED) is 0.742. The topological polar surface area (TPSA) is 114 Å². The Hall–Kier alpha value is -3.20. The lowest BCUT2D eigenvalue weighted by molar-refractivity contribution is 0.100. The van der Waals surface area contributed by atoms with Gasteiger partial charge in [0.15, 0.2) is 0 Å². The summed E-state index contributed by atoms with van der Waals surface area (Å²) in [5, 5.41) is 11.9. The molecule has 0 aliphatic heterocycles. The van der Waals surface area contributed by atoms with Gasteiger partial charge in [0.05, 0.1) is 41.4 Å². The van der Waals surface area contributed by atoms with Crippen LogP contribution in [0.3, 0.4) is 0 Å². The monoisotopic (exact) mass is 282 g/mol. The first-order chi connectivity index (χ1) is 10.1. The molecular weight excluding hydrogens is 268 g/mol. The Labute approximate surface area is 121 Å². The van der Waals surface area contributed by atoms with Gasteiger partial charge in [-0.05, 0) is 24.3 Å². The first-order valence-electron chi connectivity index (χ1n) is 6.10. The molecule has 5 N–H and O–H groups in total. The van der Waals surface area contributed by atoms with E-state index in [4.69, 9.17) is 21.5 Å². The van der Waals surface area contributed by atoms with Crippen molar-refractivity contribution in [2.45, 2.75) is 0 Å².